The van der Waals surface area contributed by atoms with Crippen LogP contribution in [0.2, 0.25) is 0 Å². The molecule has 0 saturated carbocycles. The third-order valence-corrected chi connectivity index (χ3v) is 5.02. The van der Waals surface area contributed by atoms with E-state index in [-0.39, 0.29) is 0 Å². The Labute approximate surface area is 166 Å². The zero-order valence-corrected chi connectivity index (χ0v) is 15.9. The van der Waals surface area contributed by atoms with Gasteiger partial charge >= 0.3 is 6.01 Å². The maximum atomic E-state index is 9.13. The molecule has 0 N–H and O–H groups in total. The first kappa shape index (κ1) is 17.0. The van der Waals surface area contributed by atoms with E-state index in [1.165, 1.54) is 0 Å². The van der Waals surface area contributed by atoms with E-state index in [1.807, 2.05) is 46.7 Å². The molecule has 7 heteroatoms. The topological polar surface area (TPSA) is 81.0 Å². The maximum absolute atomic E-state index is 9.13. The van der Waals surface area contributed by atoms with Crippen molar-refractivity contribution in [2.24, 2.45) is 7.05 Å². The van der Waals surface area contributed by atoms with Gasteiger partial charge in [0.1, 0.15) is 0 Å². The van der Waals surface area contributed by atoms with Gasteiger partial charge in [-0.2, -0.15) is 15.3 Å². The van der Waals surface area contributed by atoms with E-state index < -0.39 is 0 Å². The number of benzene rings is 2. The number of fused-ring (bicyclic) bond motifs is 2. The van der Waals surface area contributed by atoms with Crippen molar-refractivity contribution in [3.8, 4) is 34.5 Å². The van der Waals surface area contributed by atoms with Gasteiger partial charge in [0, 0.05) is 30.4 Å². The fraction of sp³-hybridized carbons (Fsp3) is 0.0909. The largest absolute Gasteiger partial charge is 0.468 e. The second-order valence-electron chi connectivity index (χ2n) is 6.67. The predicted molar refractivity (Wildman–Crippen MR) is 109 cm³/mol. The molecular formula is C22H16N6O. The lowest BCUT2D eigenvalue weighted by atomic mass is 9.98. The molecule has 5 aromatic rings. The van der Waals surface area contributed by atoms with Crippen molar-refractivity contribution in [3.05, 3.63) is 66.6 Å². The monoisotopic (exact) mass is 380 g/mol. The number of rotatable bonds is 3. The first-order valence-electron chi connectivity index (χ1n) is 9.03. The molecule has 0 aliphatic rings. The SMILES string of the molecule is COc1nc(-c2ccc(C#N)cc2)c(-c2ccc3cnn(C)c3c2)c2nccn12. The first-order chi connectivity index (χ1) is 14.2. The number of ether oxygens (including phenoxy) is 1. The molecule has 0 atom stereocenters. The van der Waals surface area contributed by atoms with Crippen molar-refractivity contribution in [1.29, 1.82) is 5.26 Å². The Hall–Kier alpha value is -4.18. The van der Waals surface area contributed by atoms with Crippen molar-refractivity contribution in [3.63, 3.8) is 0 Å². The van der Waals surface area contributed by atoms with Gasteiger partial charge in [0.25, 0.3) is 0 Å². The highest BCUT2D eigenvalue weighted by Crippen LogP contribution is 2.37. The van der Waals surface area contributed by atoms with Crippen molar-refractivity contribution in [2.75, 3.05) is 7.11 Å². The van der Waals surface area contributed by atoms with Crippen LogP contribution in [-0.2, 0) is 7.05 Å². The molecule has 0 spiro atoms. The summed E-state index contributed by atoms with van der Waals surface area (Å²) in [4.78, 5) is 9.36. The van der Waals surface area contributed by atoms with E-state index in [0.717, 1.165) is 38.9 Å². The van der Waals surface area contributed by atoms with E-state index in [9.17, 15) is 0 Å². The number of imidazole rings is 1. The molecule has 0 saturated heterocycles. The Morgan fingerprint density at radius 2 is 1.86 bits per heavy atom. The zero-order valence-electron chi connectivity index (χ0n) is 15.9. The molecule has 0 aliphatic carbocycles. The fourth-order valence-corrected chi connectivity index (χ4v) is 3.58. The minimum Gasteiger partial charge on any atom is -0.468 e. The molecule has 0 radical (unpaired) electrons. The minimum atomic E-state index is 0.447. The molecule has 7 nitrogen and oxygen atoms in total. The van der Waals surface area contributed by atoms with E-state index in [0.29, 0.717) is 11.6 Å². The van der Waals surface area contributed by atoms with Gasteiger partial charge in [-0.1, -0.05) is 24.3 Å². The summed E-state index contributed by atoms with van der Waals surface area (Å²) in [5.41, 5.74) is 5.86. The van der Waals surface area contributed by atoms with Gasteiger partial charge in [-0.15, -0.1) is 0 Å². The van der Waals surface area contributed by atoms with Crippen LogP contribution in [0.15, 0.2) is 61.1 Å². The summed E-state index contributed by atoms with van der Waals surface area (Å²) in [6.07, 6.45) is 5.40. The molecule has 0 bridgehead atoms. The number of hydrogen-bond acceptors (Lipinski definition) is 5. The smallest absolute Gasteiger partial charge is 0.302 e. The Morgan fingerprint density at radius 3 is 2.62 bits per heavy atom. The van der Waals surface area contributed by atoms with Gasteiger partial charge in [0.15, 0.2) is 5.65 Å². The standard InChI is InChI=1S/C22H16N6O/c1-27-18-11-16(7-8-17(18)13-25-27)19-20(15-5-3-14(12-23)4-6-15)26-22(29-2)28-10-9-24-21(19)28/h3-11,13H,1-2H3. The zero-order chi connectivity index (χ0) is 20.0. The second kappa shape index (κ2) is 6.46. The third kappa shape index (κ3) is 2.62. The number of aromatic nitrogens is 5. The number of methoxy groups -OCH3 is 1. The number of nitrogens with zero attached hydrogens (tertiary/aromatic N) is 6. The van der Waals surface area contributed by atoms with Crippen molar-refractivity contribution < 1.29 is 4.74 Å². The van der Waals surface area contributed by atoms with E-state index >= 15 is 0 Å². The van der Waals surface area contributed by atoms with E-state index in [1.54, 1.807) is 25.4 Å². The molecule has 140 valence electrons. The van der Waals surface area contributed by atoms with Crippen LogP contribution in [0.3, 0.4) is 0 Å². The predicted octanol–water partition coefficient (Wildman–Crippen LogP) is 3.83. The van der Waals surface area contributed by atoms with E-state index in [2.05, 4.69) is 28.3 Å². The Bertz CT molecular complexity index is 1410. The molecule has 0 aliphatic heterocycles. The lowest BCUT2D eigenvalue weighted by Gasteiger charge is -2.14. The molecule has 3 aromatic heterocycles. The Morgan fingerprint density at radius 1 is 1.07 bits per heavy atom. The van der Waals surface area contributed by atoms with Crippen LogP contribution in [0.1, 0.15) is 5.56 Å². The normalized spacial score (nSPS) is 11.1. The van der Waals surface area contributed by atoms with Crippen LogP contribution < -0.4 is 4.74 Å². The summed E-state index contributed by atoms with van der Waals surface area (Å²) < 4.78 is 9.18. The first-order valence-corrected chi connectivity index (χ1v) is 9.03. The maximum Gasteiger partial charge on any atom is 0.302 e. The quantitative estimate of drug-likeness (QED) is 0.475. The summed E-state index contributed by atoms with van der Waals surface area (Å²) in [5, 5.41) is 14.5. The molecule has 5 rings (SSSR count). The second-order valence-corrected chi connectivity index (χ2v) is 6.67. The summed E-state index contributed by atoms with van der Waals surface area (Å²) in [5.74, 6) is 0. The van der Waals surface area contributed by atoms with E-state index in [4.69, 9.17) is 15.0 Å². The van der Waals surface area contributed by atoms with Gasteiger partial charge in [0.2, 0.25) is 0 Å². The van der Waals surface area contributed by atoms with Gasteiger partial charge in [-0.25, -0.2) is 4.98 Å². The van der Waals surface area contributed by atoms with Gasteiger partial charge < -0.3 is 4.74 Å². The van der Waals surface area contributed by atoms with Gasteiger partial charge in [0.05, 0.1) is 41.7 Å². The van der Waals surface area contributed by atoms with Crippen molar-refractivity contribution in [1.82, 2.24) is 24.1 Å². The molecule has 3 heterocycles. The average Bonchev–Trinajstić information content (AvgIpc) is 3.40. The molecule has 29 heavy (non-hydrogen) atoms. The highest BCUT2D eigenvalue weighted by molar-refractivity contribution is 5.94. The summed E-state index contributed by atoms with van der Waals surface area (Å²) in [6.45, 7) is 0. The van der Waals surface area contributed by atoms with Crippen LogP contribution in [-0.4, -0.2) is 31.3 Å². The van der Waals surface area contributed by atoms with Crippen LogP contribution in [0.25, 0.3) is 38.9 Å². The van der Waals surface area contributed by atoms with Crippen LogP contribution in [0.5, 0.6) is 6.01 Å². The summed E-state index contributed by atoms with van der Waals surface area (Å²) in [6, 6.07) is 16.1. The summed E-state index contributed by atoms with van der Waals surface area (Å²) in [7, 11) is 3.51. The van der Waals surface area contributed by atoms with Gasteiger partial charge in [-0.3, -0.25) is 9.08 Å². The average molecular weight is 380 g/mol. The number of aryl methyl sites for hydroxylation is 1. The lowest BCUT2D eigenvalue weighted by Crippen LogP contribution is -2.02. The fourth-order valence-electron chi connectivity index (χ4n) is 3.58. The number of hydrogen-bond donors (Lipinski definition) is 0. The van der Waals surface area contributed by atoms with Gasteiger partial charge in [-0.05, 0) is 23.8 Å². The van der Waals surface area contributed by atoms with Crippen LogP contribution in [0, 0.1) is 11.3 Å². The van der Waals surface area contributed by atoms with Crippen molar-refractivity contribution in [2.45, 2.75) is 0 Å². The van der Waals surface area contributed by atoms with Crippen LogP contribution in [0.4, 0.5) is 0 Å². The number of nitriles is 1. The van der Waals surface area contributed by atoms with Crippen molar-refractivity contribution >= 4 is 16.6 Å². The Kier molecular flexibility index (Phi) is 3.78. The molecule has 2 aromatic carbocycles. The highest BCUT2D eigenvalue weighted by atomic mass is 16.5. The molecule has 0 amide bonds. The molecular weight excluding hydrogens is 364 g/mol. The molecule has 0 fully saturated rings. The lowest BCUT2D eigenvalue weighted by molar-refractivity contribution is 0.375. The summed E-state index contributed by atoms with van der Waals surface area (Å²) >= 11 is 0. The third-order valence-electron chi connectivity index (χ3n) is 5.02. The molecule has 0 unspecified atom stereocenters. The Balaban J connectivity index is 1.85. The highest BCUT2D eigenvalue weighted by Gasteiger charge is 2.19. The minimum absolute atomic E-state index is 0.447. The van der Waals surface area contributed by atoms with Crippen LogP contribution >= 0.6 is 0 Å².